The van der Waals surface area contributed by atoms with Gasteiger partial charge in [0.15, 0.2) is 10.8 Å². The molecule has 0 saturated heterocycles. The van der Waals surface area contributed by atoms with Crippen LogP contribution in [0.5, 0.6) is 0 Å². The molecule has 0 fully saturated rings. The highest BCUT2D eigenvalue weighted by Gasteiger charge is 2.20. The Morgan fingerprint density at radius 2 is 2.44 bits per heavy atom. The molecular weight excluding hydrogens is 256 g/mol. The highest BCUT2D eigenvalue weighted by molar-refractivity contribution is 7.80. The highest BCUT2D eigenvalue weighted by Crippen LogP contribution is 2.18. The average molecular weight is 264 g/mol. The first-order chi connectivity index (χ1) is 8.59. The van der Waals surface area contributed by atoms with Crippen molar-refractivity contribution in [3.63, 3.8) is 0 Å². The summed E-state index contributed by atoms with van der Waals surface area (Å²) in [5, 5.41) is 14.6. The lowest BCUT2D eigenvalue weighted by Gasteiger charge is -1.94. The Bertz CT molecular complexity index is 650. The smallest absolute Gasteiger partial charge is 0.356 e. The van der Waals surface area contributed by atoms with Crippen molar-refractivity contribution in [3.8, 4) is 0 Å². The molecule has 2 aromatic rings. The summed E-state index contributed by atoms with van der Waals surface area (Å²) in [6.45, 7) is 0. The maximum Gasteiger partial charge on any atom is 0.356 e. The highest BCUT2D eigenvalue weighted by atomic mass is 32.1. The summed E-state index contributed by atoms with van der Waals surface area (Å²) in [5.41, 5.74) is 8.07. The standard InChI is InChI=1S/C9H8N6O2S/c10-9(18)13-11-5-6-8(15(16)17)14-4-2-1-3-7(14)12-6/h1-5H,(H3,10,13,18)/b11-5-. The molecule has 2 heterocycles. The maximum absolute atomic E-state index is 11.0. The second-order valence-electron chi connectivity index (χ2n) is 3.24. The summed E-state index contributed by atoms with van der Waals surface area (Å²) >= 11 is 4.55. The average Bonchev–Trinajstić information content (AvgIpc) is 2.66. The molecule has 8 nitrogen and oxygen atoms in total. The van der Waals surface area contributed by atoms with E-state index in [1.807, 2.05) is 0 Å². The Kier molecular flexibility index (Phi) is 3.15. The molecule has 0 aliphatic carbocycles. The number of fused-ring (bicyclic) bond motifs is 1. The van der Waals surface area contributed by atoms with Crippen LogP contribution in [0.15, 0.2) is 29.5 Å². The monoisotopic (exact) mass is 264 g/mol. The number of nitrogens with zero attached hydrogens (tertiary/aromatic N) is 4. The Hall–Kier alpha value is -2.55. The fourth-order valence-electron chi connectivity index (χ4n) is 1.43. The van der Waals surface area contributed by atoms with E-state index in [2.05, 4.69) is 27.7 Å². The molecule has 92 valence electrons. The number of rotatable bonds is 3. The number of pyridine rings is 1. The van der Waals surface area contributed by atoms with Crippen LogP contribution in [0.3, 0.4) is 0 Å². The molecule has 3 N–H and O–H groups in total. The van der Waals surface area contributed by atoms with Crippen LogP contribution in [-0.4, -0.2) is 25.6 Å². The summed E-state index contributed by atoms with van der Waals surface area (Å²) < 4.78 is 1.36. The van der Waals surface area contributed by atoms with Crippen LogP contribution in [0.1, 0.15) is 5.69 Å². The van der Waals surface area contributed by atoms with Gasteiger partial charge in [-0.05, 0) is 23.2 Å². The van der Waals surface area contributed by atoms with Crippen molar-refractivity contribution >= 4 is 35.0 Å². The first-order valence-electron chi connectivity index (χ1n) is 4.79. The zero-order chi connectivity index (χ0) is 13.1. The molecule has 2 rings (SSSR count). The molecule has 18 heavy (non-hydrogen) atoms. The van der Waals surface area contributed by atoms with Gasteiger partial charge in [-0.2, -0.15) is 14.5 Å². The lowest BCUT2D eigenvalue weighted by Crippen LogP contribution is -2.24. The first kappa shape index (κ1) is 11.9. The lowest BCUT2D eigenvalue weighted by molar-refractivity contribution is -0.390. The number of nitrogens with one attached hydrogen (secondary N) is 1. The molecule has 0 aliphatic rings. The second-order valence-corrected chi connectivity index (χ2v) is 3.68. The first-order valence-corrected chi connectivity index (χ1v) is 5.20. The third-order valence-electron chi connectivity index (χ3n) is 2.07. The fraction of sp³-hybridized carbons (Fsp3) is 0. The van der Waals surface area contributed by atoms with Crippen molar-refractivity contribution in [2.24, 2.45) is 10.8 Å². The lowest BCUT2D eigenvalue weighted by atomic mass is 10.4. The van der Waals surface area contributed by atoms with Crippen molar-refractivity contribution in [1.29, 1.82) is 0 Å². The van der Waals surface area contributed by atoms with Gasteiger partial charge in [-0.1, -0.05) is 6.07 Å². The van der Waals surface area contributed by atoms with Gasteiger partial charge in [0, 0.05) is 6.07 Å². The summed E-state index contributed by atoms with van der Waals surface area (Å²) in [5.74, 6) is -0.168. The van der Waals surface area contributed by atoms with Crippen LogP contribution in [-0.2, 0) is 0 Å². The van der Waals surface area contributed by atoms with E-state index < -0.39 is 4.92 Å². The Morgan fingerprint density at radius 1 is 1.67 bits per heavy atom. The van der Waals surface area contributed by atoms with E-state index in [0.29, 0.717) is 5.65 Å². The van der Waals surface area contributed by atoms with Crippen molar-refractivity contribution < 1.29 is 4.92 Å². The summed E-state index contributed by atoms with van der Waals surface area (Å²) in [4.78, 5) is 14.6. The third kappa shape index (κ3) is 2.25. The molecule has 0 amide bonds. The number of imidazole rings is 1. The number of thiocarbonyl (C=S) groups is 1. The van der Waals surface area contributed by atoms with E-state index in [1.54, 1.807) is 24.4 Å². The maximum atomic E-state index is 11.0. The number of hydrogen-bond donors (Lipinski definition) is 2. The number of aromatic nitrogens is 2. The summed E-state index contributed by atoms with van der Waals surface area (Å²) in [6.07, 6.45) is 2.75. The van der Waals surface area contributed by atoms with Gasteiger partial charge >= 0.3 is 5.82 Å². The van der Waals surface area contributed by atoms with Crippen LogP contribution in [0.4, 0.5) is 5.82 Å². The van der Waals surface area contributed by atoms with Gasteiger partial charge in [-0.25, -0.2) is 0 Å². The Balaban J connectivity index is 2.49. The summed E-state index contributed by atoms with van der Waals surface area (Å²) in [7, 11) is 0. The Labute approximate surface area is 106 Å². The second kappa shape index (κ2) is 4.75. The minimum atomic E-state index is -0.526. The van der Waals surface area contributed by atoms with Crippen LogP contribution in [0.25, 0.3) is 5.65 Å². The van der Waals surface area contributed by atoms with Crippen molar-refractivity contribution in [2.45, 2.75) is 0 Å². The number of nitrogens with two attached hydrogens (primary N) is 1. The van der Waals surface area contributed by atoms with Crippen LogP contribution < -0.4 is 11.2 Å². The molecule has 0 unspecified atom stereocenters. The third-order valence-corrected chi connectivity index (χ3v) is 2.16. The van der Waals surface area contributed by atoms with Crippen LogP contribution >= 0.6 is 12.2 Å². The Morgan fingerprint density at radius 3 is 3.11 bits per heavy atom. The van der Waals surface area contributed by atoms with E-state index in [1.165, 1.54) is 10.6 Å². The van der Waals surface area contributed by atoms with Crippen molar-refractivity contribution in [1.82, 2.24) is 14.8 Å². The molecule has 0 aliphatic heterocycles. The van der Waals surface area contributed by atoms with Gasteiger partial charge in [-0.3, -0.25) is 5.43 Å². The molecule has 0 spiro atoms. The SMILES string of the molecule is NC(=S)N/N=C\c1nc2ccccn2c1[N+](=O)[O-]. The minimum Gasteiger partial charge on any atom is -0.375 e. The molecule has 2 aromatic heterocycles. The molecule has 0 atom stereocenters. The largest absolute Gasteiger partial charge is 0.375 e. The van der Waals surface area contributed by atoms with Gasteiger partial charge < -0.3 is 15.8 Å². The fourth-order valence-corrected chi connectivity index (χ4v) is 1.48. The zero-order valence-electron chi connectivity index (χ0n) is 8.98. The van der Waals surface area contributed by atoms with Gasteiger partial charge in [0.2, 0.25) is 5.65 Å². The predicted molar refractivity (Wildman–Crippen MR) is 69.4 cm³/mol. The van der Waals surface area contributed by atoms with Crippen LogP contribution in [0.2, 0.25) is 0 Å². The predicted octanol–water partition coefficient (Wildman–Crippen LogP) is 0.410. The molecule has 0 radical (unpaired) electrons. The van der Waals surface area contributed by atoms with Crippen LogP contribution in [0, 0.1) is 10.1 Å². The van der Waals surface area contributed by atoms with E-state index in [9.17, 15) is 10.1 Å². The van der Waals surface area contributed by atoms with E-state index in [-0.39, 0.29) is 16.6 Å². The number of hydrogen-bond acceptors (Lipinski definition) is 5. The topological polar surface area (TPSA) is 111 Å². The van der Waals surface area contributed by atoms with E-state index in [0.717, 1.165) is 0 Å². The quantitative estimate of drug-likeness (QED) is 0.359. The molecule has 0 saturated carbocycles. The number of hydrazone groups is 1. The summed E-state index contributed by atoms with van der Waals surface area (Å²) in [6, 6.07) is 5.07. The van der Waals surface area contributed by atoms with Gasteiger partial charge in [0.1, 0.15) is 0 Å². The minimum absolute atomic E-state index is 0.0299. The molecule has 0 bridgehead atoms. The molecule has 9 heteroatoms. The zero-order valence-corrected chi connectivity index (χ0v) is 9.79. The number of nitro groups is 1. The molecular formula is C9H8N6O2S. The van der Waals surface area contributed by atoms with Gasteiger partial charge in [0.25, 0.3) is 0 Å². The van der Waals surface area contributed by atoms with Crippen molar-refractivity contribution in [3.05, 3.63) is 40.2 Å². The molecule has 0 aromatic carbocycles. The van der Waals surface area contributed by atoms with E-state index >= 15 is 0 Å². The van der Waals surface area contributed by atoms with E-state index in [4.69, 9.17) is 5.73 Å². The van der Waals surface area contributed by atoms with Gasteiger partial charge in [-0.15, -0.1) is 0 Å². The van der Waals surface area contributed by atoms with Gasteiger partial charge in [0.05, 0.1) is 12.4 Å². The normalized spacial score (nSPS) is 10.9. The van der Waals surface area contributed by atoms with Crippen molar-refractivity contribution in [2.75, 3.05) is 0 Å².